The van der Waals surface area contributed by atoms with Gasteiger partial charge in [-0.05, 0) is 66.1 Å². The number of fused-ring (bicyclic) bond motifs is 1. The lowest BCUT2D eigenvalue weighted by atomic mass is 9.94. The molecule has 0 N–H and O–H groups in total. The molecule has 5 rings (SSSR count). The standard InChI is InChI=1S/C26H25N3OS/c1-18-9-7-16-24(27-18)28-26-29(21-13-3-2-4-14-21)25(30)23(31-26)17-20-12-8-11-19-10-5-6-15-22(19)20/h5-12,15-17,21H,2-4,13-14H2,1H3/b23-17-,28-26+. The zero-order valence-corrected chi connectivity index (χ0v) is 18.4. The molecular formula is C26H25N3OS. The molecule has 1 aromatic heterocycles. The maximum atomic E-state index is 13.5. The van der Waals surface area contributed by atoms with Gasteiger partial charge in [-0.3, -0.25) is 9.69 Å². The fourth-order valence-electron chi connectivity index (χ4n) is 4.43. The Bertz CT molecular complexity index is 1190. The normalized spacial score (nSPS) is 20.3. The molecule has 1 aliphatic carbocycles. The summed E-state index contributed by atoms with van der Waals surface area (Å²) in [6.07, 6.45) is 7.67. The second kappa shape index (κ2) is 8.67. The summed E-state index contributed by atoms with van der Waals surface area (Å²) >= 11 is 1.47. The fourth-order valence-corrected chi connectivity index (χ4v) is 5.47. The van der Waals surface area contributed by atoms with Crippen LogP contribution in [0, 0.1) is 6.92 Å². The number of thioether (sulfide) groups is 1. The molecule has 0 spiro atoms. The van der Waals surface area contributed by atoms with Gasteiger partial charge in [0.05, 0.1) is 4.91 Å². The Morgan fingerprint density at radius 2 is 1.77 bits per heavy atom. The molecule has 156 valence electrons. The third-order valence-corrected chi connectivity index (χ3v) is 6.95. The summed E-state index contributed by atoms with van der Waals surface area (Å²) < 4.78 is 0. The van der Waals surface area contributed by atoms with Crippen molar-refractivity contribution in [2.45, 2.75) is 45.1 Å². The number of aryl methyl sites for hydroxylation is 1. The molecule has 31 heavy (non-hydrogen) atoms. The molecule has 2 heterocycles. The molecule has 1 saturated heterocycles. The highest BCUT2D eigenvalue weighted by atomic mass is 32.2. The number of pyridine rings is 1. The maximum Gasteiger partial charge on any atom is 0.267 e. The van der Waals surface area contributed by atoms with Crippen LogP contribution in [0.5, 0.6) is 0 Å². The molecule has 0 bridgehead atoms. The van der Waals surface area contributed by atoms with E-state index in [1.807, 2.05) is 54.3 Å². The first-order valence-electron chi connectivity index (χ1n) is 10.9. The van der Waals surface area contributed by atoms with Crippen molar-refractivity contribution in [1.29, 1.82) is 0 Å². The van der Waals surface area contributed by atoms with E-state index in [1.165, 1.54) is 23.6 Å². The summed E-state index contributed by atoms with van der Waals surface area (Å²) in [6.45, 7) is 1.96. The van der Waals surface area contributed by atoms with E-state index in [0.29, 0.717) is 5.82 Å². The molecule has 1 saturated carbocycles. The van der Waals surface area contributed by atoms with Crippen LogP contribution in [-0.4, -0.2) is 27.0 Å². The lowest BCUT2D eigenvalue weighted by molar-refractivity contribution is -0.124. The van der Waals surface area contributed by atoms with Gasteiger partial charge >= 0.3 is 0 Å². The molecule has 1 aliphatic heterocycles. The molecule has 4 nitrogen and oxygen atoms in total. The molecule has 0 radical (unpaired) electrons. The Kier molecular flexibility index (Phi) is 5.60. The number of benzene rings is 2. The van der Waals surface area contributed by atoms with Gasteiger partial charge in [-0.15, -0.1) is 0 Å². The number of amides is 1. The van der Waals surface area contributed by atoms with E-state index in [1.54, 1.807) is 0 Å². The van der Waals surface area contributed by atoms with Crippen LogP contribution >= 0.6 is 11.8 Å². The summed E-state index contributed by atoms with van der Waals surface area (Å²) in [5.74, 6) is 0.721. The molecule has 0 atom stereocenters. The van der Waals surface area contributed by atoms with E-state index in [0.717, 1.165) is 52.4 Å². The largest absolute Gasteiger partial charge is 0.283 e. The van der Waals surface area contributed by atoms with Crippen LogP contribution in [0.3, 0.4) is 0 Å². The number of aromatic nitrogens is 1. The number of aliphatic imine (C=N–C) groups is 1. The minimum Gasteiger partial charge on any atom is -0.283 e. The lowest BCUT2D eigenvalue weighted by Gasteiger charge is -2.30. The van der Waals surface area contributed by atoms with E-state index in [2.05, 4.69) is 29.2 Å². The molecule has 1 amide bonds. The number of nitrogens with zero attached hydrogens (tertiary/aromatic N) is 3. The minimum absolute atomic E-state index is 0.0660. The maximum absolute atomic E-state index is 13.5. The van der Waals surface area contributed by atoms with Crippen molar-refractivity contribution < 1.29 is 4.79 Å². The van der Waals surface area contributed by atoms with Crippen LogP contribution in [0.4, 0.5) is 5.82 Å². The molecule has 5 heteroatoms. The first-order valence-corrected chi connectivity index (χ1v) is 11.7. The third-order valence-electron chi connectivity index (χ3n) is 5.97. The zero-order chi connectivity index (χ0) is 21.2. The second-order valence-corrected chi connectivity index (χ2v) is 9.19. The van der Waals surface area contributed by atoms with Gasteiger partial charge in [-0.1, -0.05) is 67.8 Å². The predicted octanol–water partition coefficient (Wildman–Crippen LogP) is 6.48. The molecule has 3 aromatic rings. The molecule has 2 aliphatic rings. The Morgan fingerprint density at radius 1 is 1.00 bits per heavy atom. The van der Waals surface area contributed by atoms with Gasteiger partial charge in [0.2, 0.25) is 0 Å². The quantitative estimate of drug-likeness (QED) is 0.449. The Morgan fingerprint density at radius 3 is 2.61 bits per heavy atom. The summed E-state index contributed by atoms with van der Waals surface area (Å²) in [5, 5.41) is 3.08. The van der Waals surface area contributed by atoms with Crippen molar-refractivity contribution in [3.8, 4) is 0 Å². The van der Waals surface area contributed by atoms with E-state index in [-0.39, 0.29) is 11.9 Å². The van der Waals surface area contributed by atoms with Crippen LogP contribution < -0.4 is 0 Å². The fraction of sp³-hybridized carbons (Fsp3) is 0.269. The average molecular weight is 428 g/mol. The van der Waals surface area contributed by atoms with E-state index >= 15 is 0 Å². The van der Waals surface area contributed by atoms with Crippen LogP contribution in [0.1, 0.15) is 43.4 Å². The molecule has 0 unspecified atom stereocenters. The highest BCUT2D eigenvalue weighted by Crippen LogP contribution is 2.39. The summed E-state index contributed by atoms with van der Waals surface area (Å²) in [5.41, 5.74) is 1.99. The van der Waals surface area contributed by atoms with Crippen molar-refractivity contribution in [3.05, 3.63) is 76.8 Å². The van der Waals surface area contributed by atoms with Gasteiger partial charge < -0.3 is 0 Å². The average Bonchev–Trinajstić information content (AvgIpc) is 3.09. The molecular weight excluding hydrogens is 402 g/mol. The first kappa shape index (κ1) is 20.0. The Hall–Kier alpha value is -2.92. The summed E-state index contributed by atoms with van der Waals surface area (Å²) in [4.78, 5) is 25.6. The highest BCUT2D eigenvalue weighted by Gasteiger charge is 2.38. The van der Waals surface area contributed by atoms with Crippen molar-refractivity contribution >= 4 is 45.5 Å². The van der Waals surface area contributed by atoms with Gasteiger partial charge in [0.25, 0.3) is 5.91 Å². The highest BCUT2D eigenvalue weighted by molar-refractivity contribution is 8.18. The van der Waals surface area contributed by atoms with Crippen molar-refractivity contribution in [3.63, 3.8) is 0 Å². The van der Waals surface area contributed by atoms with Crippen molar-refractivity contribution in [2.24, 2.45) is 4.99 Å². The first-order chi connectivity index (χ1) is 15.2. The van der Waals surface area contributed by atoms with Crippen LogP contribution in [0.15, 0.2) is 70.6 Å². The molecule has 2 aromatic carbocycles. The van der Waals surface area contributed by atoms with Crippen molar-refractivity contribution in [1.82, 2.24) is 9.88 Å². The van der Waals surface area contributed by atoms with Gasteiger partial charge in [-0.2, -0.15) is 0 Å². The second-order valence-electron chi connectivity index (χ2n) is 8.18. The lowest BCUT2D eigenvalue weighted by Crippen LogP contribution is -2.40. The minimum atomic E-state index is 0.0660. The smallest absolute Gasteiger partial charge is 0.267 e. The number of hydrogen-bond acceptors (Lipinski definition) is 4. The summed E-state index contributed by atoms with van der Waals surface area (Å²) in [6, 6.07) is 20.6. The van der Waals surface area contributed by atoms with Gasteiger partial charge in [0.1, 0.15) is 0 Å². The van der Waals surface area contributed by atoms with E-state index in [9.17, 15) is 4.79 Å². The van der Waals surface area contributed by atoms with E-state index < -0.39 is 0 Å². The third kappa shape index (κ3) is 4.15. The monoisotopic (exact) mass is 427 g/mol. The van der Waals surface area contributed by atoms with Crippen LogP contribution in [0.25, 0.3) is 16.8 Å². The molecule has 2 fully saturated rings. The topological polar surface area (TPSA) is 45.6 Å². The van der Waals surface area contributed by atoms with Gasteiger partial charge in [0.15, 0.2) is 11.0 Å². The van der Waals surface area contributed by atoms with Crippen LogP contribution in [-0.2, 0) is 4.79 Å². The zero-order valence-electron chi connectivity index (χ0n) is 17.6. The number of carbonyl (C=O) groups is 1. The SMILES string of the molecule is Cc1cccc(/N=C2/S/C(=C\c3cccc4ccccc34)C(=O)N2C2CCCCC2)n1. The number of amidine groups is 1. The Labute approximate surface area is 187 Å². The summed E-state index contributed by atoms with van der Waals surface area (Å²) in [7, 11) is 0. The van der Waals surface area contributed by atoms with Crippen LogP contribution in [0.2, 0.25) is 0 Å². The number of carbonyl (C=O) groups excluding carboxylic acids is 1. The van der Waals surface area contributed by atoms with Gasteiger partial charge in [0, 0.05) is 11.7 Å². The van der Waals surface area contributed by atoms with Crippen molar-refractivity contribution in [2.75, 3.05) is 0 Å². The van der Waals surface area contributed by atoms with Gasteiger partial charge in [-0.25, -0.2) is 9.98 Å². The number of rotatable bonds is 3. The van der Waals surface area contributed by atoms with E-state index in [4.69, 9.17) is 4.99 Å². The number of hydrogen-bond donors (Lipinski definition) is 0. The predicted molar refractivity (Wildman–Crippen MR) is 129 cm³/mol. The Balaban J connectivity index is 1.56.